The molecule has 8 heteroatoms. The van der Waals surface area contributed by atoms with Crippen molar-refractivity contribution in [2.45, 2.75) is 0 Å². The van der Waals surface area contributed by atoms with E-state index < -0.39 is 4.92 Å². The van der Waals surface area contributed by atoms with Crippen LogP contribution in [0.3, 0.4) is 0 Å². The minimum atomic E-state index is -0.547. The van der Waals surface area contributed by atoms with Crippen molar-refractivity contribution in [2.24, 2.45) is 0 Å². The normalized spacial score (nSPS) is 10.8. The van der Waals surface area contributed by atoms with Gasteiger partial charge in [0.15, 0.2) is 0 Å². The van der Waals surface area contributed by atoms with Gasteiger partial charge in [-0.15, -0.1) is 0 Å². The Morgan fingerprint density at radius 2 is 2.00 bits per heavy atom. The molecular formula is C14H20ClN3O4. The second kappa shape index (κ2) is 8.67. The molecule has 0 aliphatic rings. The van der Waals surface area contributed by atoms with Crippen molar-refractivity contribution < 1.29 is 14.5 Å². The number of nitro groups is 1. The smallest absolute Gasteiger partial charge is 0.270 e. The van der Waals surface area contributed by atoms with Gasteiger partial charge in [0.2, 0.25) is 0 Å². The first kappa shape index (κ1) is 18.3. The molecular weight excluding hydrogens is 310 g/mol. The number of hydrogen-bond acceptors (Lipinski definition) is 5. The number of likely N-dealkylation sites (N-methyl/N-ethyl adjacent to an activating group) is 1. The lowest BCUT2D eigenvalue weighted by Crippen LogP contribution is -2.38. The molecule has 0 aromatic heterocycles. The monoisotopic (exact) mass is 329 g/mol. The van der Waals surface area contributed by atoms with Gasteiger partial charge in [0.05, 0.1) is 22.1 Å². The van der Waals surface area contributed by atoms with Crippen LogP contribution in [-0.4, -0.2) is 68.1 Å². The number of methoxy groups -OCH3 is 1. The van der Waals surface area contributed by atoms with E-state index in [9.17, 15) is 14.9 Å². The highest BCUT2D eigenvalue weighted by Gasteiger charge is 2.20. The Hall–Kier alpha value is -1.70. The molecule has 0 spiro atoms. The Labute approximate surface area is 134 Å². The van der Waals surface area contributed by atoms with E-state index in [0.717, 1.165) is 0 Å². The van der Waals surface area contributed by atoms with Gasteiger partial charge in [-0.1, -0.05) is 11.6 Å². The molecule has 1 amide bonds. The number of hydrogen-bond donors (Lipinski definition) is 0. The molecule has 0 fully saturated rings. The largest absolute Gasteiger partial charge is 0.383 e. The Morgan fingerprint density at radius 1 is 1.32 bits per heavy atom. The molecule has 0 bridgehead atoms. The lowest BCUT2D eigenvalue weighted by molar-refractivity contribution is -0.384. The van der Waals surface area contributed by atoms with E-state index in [1.165, 1.54) is 18.2 Å². The lowest BCUT2D eigenvalue weighted by atomic mass is 10.1. The molecule has 7 nitrogen and oxygen atoms in total. The summed E-state index contributed by atoms with van der Waals surface area (Å²) in [7, 11) is 5.39. The maximum atomic E-state index is 12.6. The van der Waals surface area contributed by atoms with Gasteiger partial charge >= 0.3 is 0 Å². The molecule has 1 aromatic carbocycles. The van der Waals surface area contributed by atoms with E-state index in [1.54, 1.807) is 12.0 Å². The second-order valence-electron chi connectivity index (χ2n) is 5.01. The summed E-state index contributed by atoms with van der Waals surface area (Å²) in [5.41, 5.74) is 0.111. The van der Waals surface area contributed by atoms with Crippen LogP contribution in [0.25, 0.3) is 0 Å². The topological polar surface area (TPSA) is 75.9 Å². The third-order valence-electron chi connectivity index (χ3n) is 3.06. The molecule has 0 unspecified atom stereocenters. The number of amides is 1. The number of non-ortho nitro benzene ring substituents is 1. The van der Waals surface area contributed by atoms with E-state index >= 15 is 0 Å². The van der Waals surface area contributed by atoms with Crippen molar-refractivity contribution in [3.05, 3.63) is 38.9 Å². The number of ether oxygens (including phenoxy) is 1. The van der Waals surface area contributed by atoms with Crippen LogP contribution < -0.4 is 0 Å². The summed E-state index contributed by atoms with van der Waals surface area (Å²) in [4.78, 5) is 26.3. The summed E-state index contributed by atoms with van der Waals surface area (Å²) in [6.45, 7) is 2.04. The van der Waals surface area contributed by atoms with Crippen LogP contribution in [0, 0.1) is 10.1 Å². The van der Waals surface area contributed by atoms with Gasteiger partial charge in [-0.2, -0.15) is 0 Å². The van der Waals surface area contributed by atoms with Crippen molar-refractivity contribution in [3.63, 3.8) is 0 Å². The molecule has 0 atom stereocenters. The van der Waals surface area contributed by atoms with Gasteiger partial charge in [-0.25, -0.2) is 0 Å². The zero-order chi connectivity index (χ0) is 16.7. The Morgan fingerprint density at radius 3 is 2.50 bits per heavy atom. The molecule has 0 aliphatic heterocycles. The predicted octanol–water partition coefficient (Wildman–Crippen LogP) is 1.90. The summed E-state index contributed by atoms with van der Waals surface area (Å²) in [5.74, 6) is -0.265. The van der Waals surface area contributed by atoms with Crippen LogP contribution in [-0.2, 0) is 4.74 Å². The molecule has 0 aliphatic carbocycles. The summed E-state index contributed by atoms with van der Waals surface area (Å²) in [5, 5.41) is 10.8. The van der Waals surface area contributed by atoms with Gasteiger partial charge in [0, 0.05) is 38.9 Å². The van der Waals surface area contributed by atoms with Gasteiger partial charge in [-0.05, 0) is 20.2 Å². The number of benzene rings is 1. The molecule has 0 saturated heterocycles. The predicted molar refractivity (Wildman–Crippen MR) is 84.4 cm³/mol. The SMILES string of the molecule is COCCN(CCN(C)C)C(=O)c1ccc([N+](=O)[O-])cc1Cl. The standard InChI is InChI=1S/C14H20ClN3O4/c1-16(2)6-7-17(8-9-22-3)14(19)12-5-4-11(18(20)21)10-13(12)15/h4-5,10H,6-9H2,1-3H3. The number of nitrogens with zero attached hydrogens (tertiary/aromatic N) is 3. The summed E-state index contributed by atoms with van der Waals surface area (Å²) in [6.07, 6.45) is 0. The zero-order valence-electron chi connectivity index (χ0n) is 12.9. The number of carbonyl (C=O) groups excluding carboxylic acids is 1. The van der Waals surface area contributed by atoms with Crippen molar-refractivity contribution >= 4 is 23.2 Å². The van der Waals surface area contributed by atoms with Crippen molar-refractivity contribution in [3.8, 4) is 0 Å². The average Bonchev–Trinajstić information content (AvgIpc) is 2.46. The van der Waals surface area contributed by atoms with E-state index in [-0.39, 0.29) is 22.2 Å². The van der Waals surface area contributed by atoms with Crippen LogP contribution in [0.15, 0.2) is 18.2 Å². The highest BCUT2D eigenvalue weighted by molar-refractivity contribution is 6.34. The van der Waals surface area contributed by atoms with Gasteiger partial charge in [0.25, 0.3) is 11.6 Å². The van der Waals surface area contributed by atoms with Crippen molar-refractivity contribution in [1.29, 1.82) is 0 Å². The Bertz CT molecular complexity index is 537. The number of rotatable bonds is 8. The van der Waals surface area contributed by atoms with E-state index in [0.29, 0.717) is 26.2 Å². The Kier molecular flexibility index (Phi) is 7.23. The third-order valence-corrected chi connectivity index (χ3v) is 3.38. The minimum absolute atomic E-state index is 0.0754. The number of nitro benzene ring substituents is 1. The van der Waals surface area contributed by atoms with Gasteiger partial charge in [-0.3, -0.25) is 14.9 Å². The molecule has 0 radical (unpaired) electrons. The van der Waals surface area contributed by atoms with Crippen molar-refractivity contribution in [1.82, 2.24) is 9.80 Å². The minimum Gasteiger partial charge on any atom is -0.383 e. The van der Waals surface area contributed by atoms with Gasteiger partial charge in [0.1, 0.15) is 0 Å². The molecule has 1 aromatic rings. The summed E-state index contributed by atoms with van der Waals surface area (Å²) in [6, 6.07) is 3.85. The molecule has 1 rings (SSSR count). The first-order valence-corrected chi connectivity index (χ1v) is 7.11. The van der Waals surface area contributed by atoms with Crippen LogP contribution in [0.4, 0.5) is 5.69 Å². The van der Waals surface area contributed by atoms with E-state index in [2.05, 4.69) is 0 Å². The first-order chi connectivity index (χ1) is 10.4. The number of carbonyl (C=O) groups is 1. The van der Waals surface area contributed by atoms with E-state index in [1.807, 2.05) is 19.0 Å². The van der Waals surface area contributed by atoms with Crippen LogP contribution in [0.1, 0.15) is 10.4 Å². The molecule has 0 N–H and O–H groups in total. The maximum Gasteiger partial charge on any atom is 0.270 e. The molecule has 122 valence electrons. The van der Waals surface area contributed by atoms with Crippen LogP contribution in [0.5, 0.6) is 0 Å². The van der Waals surface area contributed by atoms with E-state index in [4.69, 9.17) is 16.3 Å². The summed E-state index contributed by atoms with van der Waals surface area (Å²) < 4.78 is 5.02. The van der Waals surface area contributed by atoms with Crippen molar-refractivity contribution in [2.75, 3.05) is 47.4 Å². The zero-order valence-corrected chi connectivity index (χ0v) is 13.7. The Balaban J connectivity index is 2.94. The molecule has 0 saturated carbocycles. The van der Waals surface area contributed by atoms with Crippen LogP contribution in [0.2, 0.25) is 5.02 Å². The fourth-order valence-corrected chi connectivity index (χ4v) is 2.05. The molecule has 22 heavy (non-hydrogen) atoms. The third kappa shape index (κ3) is 5.25. The second-order valence-corrected chi connectivity index (χ2v) is 5.42. The van der Waals surface area contributed by atoms with Gasteiger partial charge < -0.3 is 14.5 Å². The van der Waals surface area contributed by atoms with Crippen LogP contribution >= 0.6 is 11.6 Å². The average molecular weight is 330 g/mol. The maximum absolute atomic E-state index is 12.6. The lowest BCUT2D eigenvalue weighted by Gasteiger charge is -2.24. The fourth-order valence-electron chi connectivity index (χ4n) is 1.80. The highest BCUT2D eigenvalue weighted by Crippen LogP contribution is 2.23. The first-order valence-electron chi connectivity index (χ1n) is 6.73. The quantitative estimate of drug-likeness (QED) is 0.538. The molecule has 0 heterocycles. The summed E-state index contributed by atoms with van der Waals surface area (Å²) >= 11 is 6.02. The number of halogens is 1. The highest BCUT2D eigenvalue weighted by atomic mass is 35.5. The fraction of sp³-hybridized carbons (Fsp3) is 0.500.